The van der Waals surface area contributed by atoms with Gasteiger partial charge in [0.1, 0.15) is 11.6 Å². The number of imidazole rings is 1. The molecule has 0 radical (unpaired) electrons. The third-order valence-electron chi connectivity index (χ3n) is 8.88. The van der Waals surface area contributed by atoms with Crippen molar-refractivity contribution < 1.29 is 9.18 Å². The molecule has 0 bridgehead atoms. The van der Waals surface area contributed by atoms with Crippen LogP contribution in [-0.4, -0.2) is 21.9 Å². The van der Waals surface area contributed by atoms with Gasteiger partial charge in [0.25, 0.3) is 5.91 Å². The lowest BCUT2D eigenvalue weighted by Gasteiger charge is -2.36. The van der Waals surface area contributed by atoms with E-state index in [-0.39, 0.29) is 17.6 Å². The topological polar surface area (TPSA) is 69.8 Å². The quantitative estimate of drug-likeness (QED) is 0.366. The Morgan fingerprint density at radius 3 is 2.67 bits per heavy atom. The van der Waals surface area contributed by atoms with Gasteiger partial charge in [0.2, 0.25) is 0 Å². The molecular weight excluding hydrogens is 451 g/mol. The molecule has 1 amide bonds. The minimum atomic E-state index is -0.165. The molecule has 6 heteroatoms. The number of aromatic amines is 1. The number of benzene rings is 2. The van der Waals surface area contributed by atoms with E-state index >= 15 is 0 Å². The van der Waals surface area contributed by atoms with Crippen LogP contribution >= 0.6 is 0 Å². The fraction of sp³-hybridized carbons (Fsp3) is 0.467. The van der Waals surface area contributed by atoms with Gasteiger partial charge in [0.15, 0.2) is 0 Å². The first kappa shape index (κ1) is 23.3. The zero-order valence-electron chi connectivity index (χ0n) is 21.1. The number of hydrogen-bond acceptors (Lipinski definition) is 3. The van der Waals surface area contributed by atoms with Gasteiger partial charge in [-0.25, -0.2) is 9.37 Å². The number of rotatable bonds is 5. The number of H-pyrrole nitrogens is 1. The molecule has 1 unspecified atom stereocenters. The summed E-state index contributed by atoms with van der Waals surface area (Å²) in [6.45, 7) is 4.31. The van der Waals surface area contributed by atoms with E-state index in [4.69, 9.17) is 4.98 Å². The number of aryl methyl sites for hydroxylation is 1. The Morgan fingerprint density at radius 1 is 1.11 bits per heavy atom. The number of halogens is 1. The number of allylic oxidation sites excluding steroid dienone is 1. The predicted octanol–water partition coefficient (Wildman–Crippen LogP) is 6.93. The predicted molar refractivity (Wildman–Crippen MR) is 142 cm³/mol. The van der Waals surface area contributed by atoms with Crippen LogP contribution in [0.2, 0.25) is 0 Å². The van der Waals surface area contributed by atoms with Crippen LogP contribution in [0.5, 0.6) is 0 Å². The van der Waals surface area contributed by atoms with E-state index in [1.54, 1.807) is 6.07 Å². The van der Waals surface area contributed by atoms with Crippen LogP contribution in [0.25, 0.3) is 11.0 Å². The number of anilines is 1. The van der Waals surface area contributed by atoms with Crippen LogP contribution in [0.4, 0.5) is 10.1 Å². The first-order valence-electron chi connectivity index (χ1n) is 13.5. The summed E-state index contributed by atoms with van der Waals surface area (Å²) < 4.78 is 14.0. The summed E-state index contributed by atoms with van der Waals surface area (Å²) in [7, 11) is 0. The summed E-state index contributed by atoms with van der Waals surface area (Å²) in [5.74, 6) is 2.54. The summed E-state index contributed by atoms with van der Waals surface area (Å²) >= 11 is 0. The first-order valence-corrected chi connectivity index (χ1v) is 13.5. The van der Waals surface area contributed by atoms with Gasteiger partial charge in [-0.2, -0.15) is 0 Å². The van der Waals surface area contributed by atoms with E-state index < -0.39 is 0 Å². The van der Waals surface area contributed by atoms with Gasteiger partial charge in [0.05, 0.1) is 11.0 Å². The monoisotopic (exact) mass is 486 g/mol. The number of fused-ring (bicyclic) bond motifs is 2. The standard InChI is InChI=1S/C30H35FN4O/c1-17-14-21(30(36)33-23-4-3-5-23)15-27-28(17)35-29(34-27)18(2)19-6-8-20(9-7-19)24-12-13-32-26-11-10-22(31)16-25(24)26/h10-16,18-20,23-24,32H,3-9H2,1-2H3,(H,33,36)(H,34,35)/t18-,19?,20?,24?/m1/s1. The van der Waals surface area contributed by atoms with Crippen molar-refractivity contribution in [3.8, 4) is 0 Å². The number of amides is 1. The second-order valence-corrected chi connectivity index (χ2v) is 11.1. The summed E-state index contributed by atoms with van der Waals surface area (Å²) in [5, 5.41) is 6.41. The summed E-state index contributed by atoms with van der Waals surface area (Å²) in [6, 6.07) is 9.32. The van der Waals surface area contributed by atoms with Crippen molar-refractivity contribution in [3.05, 3.63) is 70.9 Å². The summed E-state index contributed by atoms with van der Waals surface area (Å²) in [6.07, 6.45) is 12.1. The lowest BCUT2D eigenvalue weighted by Crippen LogP contribution is -2.39. The highest BCUT2D eigenvalue weighted by Crippen LogP contribution is 2.45. The van der Waals surface area contributed by atoms with Crippen LogP contribution in [0.3, 0.4) is 0 Å². The van der Waals surface area contributed by atoms with Gasteiger partial charge in [-0.3, -0.25) is 4.79 Å². The molecule has 3 N–H and O–H groups in total. The maximum Gasteiger partial charge on any atom is 0.251 e. The third-order valence-corrected chi connectivity index (χ3v) is 8.88. The van der Waals surface area contributed by atoms with Crippen LogP contribution < -0.4 is 10.6 Å². The highest BCUT2D eigenvalue weighted by molar-refractivity contribution is 5.98. The molecule has 6 rings (SSSR count). The lowest BCUT2D eigenvalue weighted by molar-refractivity contribution is 0.0917. The molecule has 1 aliphatic heterocycles. The molecule has 0 spiro atoms. The van der Waals surface area contributed by atoms with Crippen LogP contribution in [0.1, 0.15) is 91.0 Å². The van der Waals surface area contributed by atoms with Gasteiger partial charge in [-0.05, 0) is 111 Å². The van der Waals surface area contributed by atoms with Crippen molar-refractivity contribution in [3.63, 3.8) is 0 Å². The molecule has 0 saturated heterocycles. The van der Waals surface area contributed by atoms with Crippen molar-refractivity contribution >= 4 is 22.6 Å². The zero-order valence-corrected chi connectivity index (χ0v) is 21.1. The summed E-state index contributed by atoms with van der Waals surface area (Å²) in [5.41, 5.74) is 5.76. The van der Waals surface area contributed by atoms with Gasteiger partial charge in [0, 0.05) is 29.1 Å². The average molecular weight is 487 g/mol. The van der Waals surface area contributed by atoms with Crippen molar-refractivity contribution in [1.29, 1.82) is 0 Å². The SMILES string of the molecule is Cc1cc(C(=O)NC2CCC2)cc2[nH]c([C@H](C)C3CCC(C4C=CNc5ccc(F)cc54)CC3)nc12. The molecule has 2 saturated carbocycles. The zero-order chi connectivity index (χ0) is 24.8. The molecule has 2 aromatic carbocycles. The van der Waals surface area contributed by atoms with Crippen molar-refractivity contribution in [2.24, 2.45) is 11.8 Å². The number of carbonyl (C=O) groups is 1. The van der Waals surface area contributed by atoms with Crippen molar-refractivity contribution in [2.75, 3.05) is 5.32 Å². The van der Waals surface area contributed by atoms with Crippen LogP contribution in [0, 0.1) is 24.6 Å². The van der Waals surface area contributed by atoms with E-state index in [9.17, 15) is 9.18 Å². The highest BCUT2D eigenvalue weighted by Gasteiger charge is 2.33. The highest BCUT2D eigenvalue weighted by atomic mass is 19.1. The molecule has 2 atom stereocenters. The van der Waals surface area contributed by atoms with E-state index in [1.165, 1.54) is 12.5 Å². The van der Waals surface area contributed by atoms with E-state index in [0.29, 0.717) is 29.4 Å². The fourth-order valence-electron chi connectivity index (χ4n) is 6.40. The average Bonchev–Trinajstić information content (AvgIpc) is 3.30. The second-order valence-electron chi connectivity index (χ2n) is 11.1. The Labute approximate surface area is 212 Å². The van der Waals surface area contributed by atoms with Gasteiger partial charge in [-0.1, -0.05) is 13.0 Å². The van der Waals surface area contributed by atoms with Crippen LogP contribution in [0.15, 0.2) is 42.6 Å². The van der Waals surface area contributed by atoms with Gasteiger partial charge in [-0.15, -0.1) is 0 Å². The Kier molecular flexibility index (Phi) is 6.06. The molecule has 2 fully saturated rings. The number of hydrogen-bond donors (Lipinski definition) is 3. The van der Waals surface area contributed by atoms with E-state index in [0.717, 1.165) is 72.2 Å². The molecule has 3 aliphatic rings. The summed E-state index contributed by atoms with van der Waals surface area (Å²) in [4.78, 5) is 21.2. The molecule has 2 heterocycles. The smallest absolute Gasteiger partial charge is 0.251 e. The van der Waals surface area contributed by atoms with E-state index in [2.05, 4.69) is 28.6 Å². The lowest BCUT2D eigenvalue weighted by atomic mass is 9.70. The molecule has 1 aromatic heterocycles. The minimum absolute atomic E-state index is 0.0145. The molecular formula is C30H35FN4O. The number of aromatic nitrogens is 2. The second kappa shape index (κ2) is 9.38. The first-order chi connectivity index (χ1) is 17.5. The molecule has 3 aromatic rings. The molecule has 36 heavy (non-hydrogen) atoms. The minimum Gasteiger partial charge on any atom is -0.362 e. The third kappa shape index (κ3) is 4.31. The maximum atomic E-state index is 14.0. The van der Waals surface area contributed by atoms with Gasteiger partial charge >= 0.3 is 0 Å². The van der Waals surface area contributed by atoms with Crippen LogP contribution in [-0.2, 0) is 0 Å². The Balaban J connectivity index is 1.15. The number of carbonyl (C=O) groups excluding carboxylic acids is 1. The van der Waals surface area contributed by atoms with Crippen molar-refractivity contribution in [1.82, 2.24) is 15.3 Å². The largest absolute Gasteiger partial charge is 0.362 e. The Hall–Kier alpha value is -3.15. The molecule has 5 nitrogen and oxygen atoms in total. The van der Waals surface area contributed by atoms with Gasteiger partial charge < -0.3 is 15.6 Å². The Morgan fingerprint density at radius 2 is 1.92 bits per heavy atom. The number of nitrogens with zero attached hydrogens (tertiary/aromatic N) is 1. The Bertz CT molecular complexity index is 1320. The van der Waals surface area contributed by atoms with Crippen molar-refractivity contribution in [2.45, 2.75) is 76.7 Å². The molecule has 188 valence electrons. The maximum absolute atomic E-state index is 14.0. The fourth-order valence-corrected chi connectivity index (χ4v) is 6.40. The van der Waals surface area contributed by atoms with E-state index in [1.807, 2.05) is 31.3 Å². The normalized spacial score (nSPS) is 24.6. The molecule has 2 aliphatic carbocycles. The number of nitrogens with one attached hydrogen (secondary N) is 3.